The maximum absolute atomic E-state index is 5.54. The third-order valence-corrected chi connectivity index (χ3v) is 3.60. The van der Waals surface area contributed by atoms with Crippen molar-refractivity contribution in [3.63, 3.8) is 0 Å². The predicted molar refractivity (Wildman–Crippen MR) is 61.6 cm³/mol. The standard InChI is InChI=1S/C11H14N2OS/c1-2-8-5-6-10(15-8)11(13-12)9-4-3-7-14-9/h3-7,11,13H,2,12H2,1H3. The minimum Gasteiger partial charge on any atom is -0.467 e. The molecule has 2 aromatic rings. The van der Waals surface area contributed by atoms with E-state index in [-0.39, 0.29) is 6.04 Å². The highest BCUT2D eigenvalue weighted by atomic mass is 32.1. The molecule has 15 heavy (non-hydrogen) atoms. The summed E-state index contributed by atoms with van der Waals surface area (Å²) in [6.45, 7) is 2.15. The Morgan fingerprint density at radius 1 is 1.47 bits per heavy atom. The average Bonchev–Trinajstić information content (AvgIpc) is 2.89. The van der Waals surface area contributed by atoms with Crippen molar-refractivity contribution in [1.29, 1.82) is 0 Å². The summed E-state index contributed by atoms with van der Waals surface area (Å²) >= 11 is 1.76. The van der Waals surface area contributed by atoms with E-state index in [1.807, 2.05) is 12.1 Å². The number of hydrogen-bond acceptors (Lipinski definition) is 4. The van der Waals surface area contributed by atoms with Gasteiger partial charge in [-0.15, -0.1) is 11.3 Å². The third kappa shape index (κ3) is 2.12. The van der Waals surface area contributed by atoms with Crippen LogP contribution in [0.15, 0.2) is 34.9 Å². The highest BCUT2D eigenvalue weighted by Gasteiger charge is 2.16. The van der Waals surface area contributed by atoms with Crippen LogP contribution in [0.5, 0.6) is 0 Å². The van der Waals surface area contributed by atoms with Crippen LogP contribution in [-0.4, -0.2) is 0 Å². The summed E-state index contributed by atoms with van der Waals surface area (Å²) in [7, 11) is 0. The second-order valence-electron chi connectivity index (χ2n) is 3.27. The van der Waals surface area contributed by atoms with Gasteiger partial charge in [0.2, 0.25) is 0 Å². The second kappa shape index (κ2) is 4.61. The quantitative estimate of drug-likeness (QED) is 0.617. The predicted octanol–water partition coefficient (Wildman–Crippen LogP) is 2.46. The molecule has 0 bridgehead atoms. The van der Waals surface area contributed by atoms with Gasteiger partial charge in [-0.3, -0.25) is 5.84 Å². The molecule has 2 heterocycles. The van der Waals surface area contributed by atoms with Gasteiger partial charge in [0, 0.05) is 9.75 Å². The Morgan fingerprint density at radius 2 is 2.33 bits per heavy atom. The molecule has 2 rings (SSSR count). The van der Waals surface area contributed by atoms with E-state index in [2.05, 4.69) is 24.5 Å². The lowest BCUT2D eigenvalue weighted by molar-refractivity contribution is 0.455. The van der Waals surface area contributed by atoms with Crippen molar-refractivity contribution in [2.75, 3.05) is 0 Å². The lowest BCUT2D eigenvalue weighted by atomic mass is 10.2. The highest BCUT2D eigenvalue weighted by Crippen LogP contribution is 2.28. The van der Waals surface area contributed by atoms with Crippen molar-refractivity contribution in [2.24, 2.45) is 5.84 Å². The van der Waals surface area contributed by atoms with Crippen LogP contribution in [0.4, 0.5) is 0 Å². The molecular weight excluding hydrogens is 208 g/mol. The molecule has 1 atom stereocenters. The number of furan rings is 1. The van der Waals surface area contributed by atoms with Gasteiger partial charge in [0.25, 0.3) is 0 Å². The van der Waals surface area contributed by atoms with Crippen molar-refractivity contribution in [3.05, 3.63) is 46.0 Å². The van der Waals surface area contributed by atoms with Crippen molar-refractivity contribution >= 4 is 11.3 Å². The van der Waals surface area contributed by atoms with E-state index in [1.165, 1.54) is 9.75 Å². The van der Waals surface area contributed by atoms with Crippen LogP contribution in [0, 0.1) is 0 Å². The Bertz CT molecular complexity index is 408. The van der Waals surface area contributed by atoms with Crippen LogP contribution >= 0.6 is 11.3 Å². The molecule has 80 valence electrons. The zero-order valence-electron chi connectivity index (χ0n) is 8.57. The van der Waals surface area contributed by atoms with E-state index in [9.17, 15) is 0 Å². The molecule has 0 aliphatic carbocycles. The van der Waals surface area contributed by atoms with Crippen LogP contribution < -0.4 is 11.3 Å². The third-order valence-electron chi connectivity index (χ3n) is 2.31. The first-order chi connectivity index (χ1) is 7.35. The Labute approximate surface area is 92.9 Å². The lowest BCUT2D eigenvalue weighted by Gasteiger charge is -2.10. The van der Waals surface area contributed by atoms with Crippen LogP contribution in [0.25, 0.3) is 0 Å². The molecule has 4 heteroatoms. The molecule has 0 aliphatic heterocycles. The summed E-state index contributed by atoms with van der Waals surface area (Å²) in [5, 5.41) is 0. The summed E-state index contributed by atoms with van der Waals surface area (Å²) in [4.78, 5) is 2.54. The van der Waals surface area contributed by atoms with Crippen molar-refractivity contribution in [2.45, 2.75) is 19.4 Å². The molecule has 3 nitrogen and oxygen atoms in total. The maximum atomic E-state index is 5.54. The number of hydrogen-bond donors (Lipinski definition) is 2. The van der Waals surface area contributed by atoms with E-state index in [0.29, 0.717) is 0 Å². The average molecular weight is 222 g/mol. The van der Waals surface area contributed by atoms with Crippen molar-refractivity contribution < 1.29 is 4.42 Å². The van der Waals surface area contributed by atoms with Crippen LogP contribution in [0.3, 0.4) is 0 Å². The lowest BCUT2D eigenvalue weighted by Crippen LogP contribution is -2.27. The smallest absolute Gasteiger partial charge is 0.127 e. The normalized spacial score (nSPS) is 12.9. The SMILES string of the molecule is CCc1ccc(C(NN)c2ccco2)s1. The van der Waals surface area contributed by atoms with Gasteiger partial charge >= 0.3 is 0 Å². The Hall–Kier alpha value is -1.10. The molecule has 0 saturated carbocycles. The van der Waals surface area contributed by atoms with Gasteiger partial charge in [-0.1, -0.05) is 6.92 Å². The highest BCUT2D eigenvalue weighted by molar-refractivity contribution is 7.12. The molecular formula is C11H14N2OS. The van der Waals surface area contributed by atoms with Gasteiger partial charge in [0.1, 0.15) is 11.8 Å². The summed E-state index contributed by atoms with van der Waals surface area (Å²) < 4.78 is 5.35. The molecule has 3 N–H and O–H groups in total. The summed E-state index contributed by atoms with van der Waals surface area (Å²) in [6, 6.07) is 7.98. The number of thiophene rings is 1. The van der Waals surface area contributed by atoms with E-state index in [1.54, 1.807) is 17.6 Å². The zero-order valence-corrected chi connectivity index (χ0v) is 9.38. The van der Waals surface area contributed by atoms with Gasteiger partial charge in [0.05, 0.1) is 6.26 Å². The summed E-state index contributed by atoms with van der Waals surface area (Å²) in [6.07, 6.45) is 2.72. The van der Waals surface area contributed by atoms with Gasteiger partial charge in [-0.2, -0.15) is 0 Å². The van der Waals surface area contributed by atoms with Crippen molar-refractivity contribution in [3.8, 4) is 0 Å². The fourth-order valence-corrected chi connectivity index (χ4v) is 2.52. The van der Waals surface area contributed by atoms with Gasteiger partial charge < -0.3 is 4.42 Å². The monoisotopic (exact) mass is 222 g/mol. The fraction of sp³-hybridized carbons (Fsp3) is 0.273. The summed E-state index contributed by atoms with van der Waals surface area (Å²) in [5.41, 5.74) is 2.77. The first-order valence-corrected chi connectivity index (χ1v) is 5.75. The number of aryl methyl sites for hydroxylation is 1. The van der Waals surface area contributed by atoms with Crippen LogP contribution in [0.2, 0.25) is 0 Å². The van der Waals surface area contributed by atoms with Crippen molar-refractivity contribution in [1.82, 2.24) is 5.43 Å². The first-order valence-electron chi connectivity index (χ1n) is 4.93. The topological polar surface area (TPSA) is 51.2 Å². The minimum absolute atomic E-state index is 0.0368. The van der Waals surface area contributed by atoms with Crippen LogP contribution in [0.1, 0.15) is 28.5 Å². The molecule has 0 radical (unpaired) electrons. The Morgan fingerprint density at radius 3 is 2.87 bits per heavy atom. The summed E-state index contributed by atoms with van der Waals surface area (Å²) in [5.74, 6) is 6.39. The molecule has 0 aliphatic rings. The largest absolute Gasteiger partial charge is 0.467 e. The van der Waals surface area contributed by atoms with E-state index in [0.717, 1.165) is 12.2 Å². The first kappa shape index (κ1) is 10.4. The Kier molecular flexibility index (Phi) is 3.20. The van der Waals surface area contributed by atoms with E-state index >= 15 is 0 Å². The number of hydrazine groups is 1. The second-order valence-corrected chi connectivity index (χ2v) is 4.47. The molecule has 0 amide bonds. The van der Waals surface area contributed by atoms with Gasteiger partial charge in [-0.05, 0) is 30.7 Å². The molecule has 2 aromatic heterocycles. The molecule has 0 aromatic carbocycles. The van der Waals surface area contributed by atoms with Crippen LogP contribution in [-0.2, 0) is 6.42 Å². The molecule has 0 saturated heterocycles. The Balaban J connectivity index is 2.27. The minimum atomic E-state index is -0.0368. The molecule has 0 fully saturated rings. The molecule has 0 spiro atoms. The number of nitrogens with one attached hydrogen (secondary N) is 1. The zero-order chi connectivity index (χ0) is 10.7. The molecule has 1 unspecified atom stereocenters. The number of rotatable bonds is 4. The van der Waals surface area contributed by atoms with Gasteiger partial charge in [0.15, 0.2) is 0 Å². The maximum Gasteiger partial charge on any atom is 0.127 e. The number of nitrogens with two attached hydrogens (primary N) is 1. The van der Waals surface area contributed by atoms with E-state index < -0.39 is 0 Å². The van der Waals surface area contributed by atoms with E-state index in [4.69, 9.17) is 10.3 Å². The van der Waals surface area contributed by atoms with Gasteiger partial charge in [-0.25, -0.2) is 5.43 Å². The fourth-order valence-electron chi connectivity index (χ4n) is 1.50.